The van der Waals surface area contributed by atoms with E-state index in [1.54, 1.807) is 17.0 Å². The molecular weight excluding hydrogens is 566 g/mol. The molecule has 3 aromatic rings. The van der Waals surface area contributed by atoms with Crippen molar-refractivity contribution >= 4 is 40.9 Å². The number of aromatic amines is 1. The van der Waals surface area contributed by atoms with E-state index in [2.05, 4.69) is 30.8 Å². The number of alkyl halides is 3. The number of piperidine rings is 1. The molecule has 0 radical (unpaired) electrons. The SMILES string of the molecule is Cc1cc(Nc2cc(N3CCN(CC(F)(F)F)CC3)nc(NC3CCN(C(=O)c4cccc(Cl)c4F)CC3)n2)n[nH]1. The van der Waals surface area contributed by atoms with Gasteiger partial charge in [-0.2, -0.15) is 28.2 Å². The third-order valence-electron chi connectivity index (χ3n) is 7.07. The summed E-state index contributed by atoms with van der Waals surface area (Å²) in [4.78, 5) is 27.0. The summed E-state index contributed by atoms with van der Waals surface area (Å²) >= 11 is 5.85. The number of likely N-dealkylation sites (tertiary alicyclic amines) is 1. The van der Waals surface area contributed by atoms with Crippen molar-refractivity contribution in [2.24, 2.45) is 0 Å². The molecular formula is C26H30ClF4N9O. The first-order chi connectivity index (χ1) is 19.5. The molecule has 2 fully saturated rings. The van der Waals surface area contributed by atoms with Gasteiger partial charge in [-0.3, -0.25) is 14.8 Å². The number of aromatic nitrogens is 4. The van der Waals surface area contributed by atoms with Gasteiger partial charge in [-0.15, -0.1) is 0 Å². The summed E-state index contributed by atoms with van der Waals surface area (Å²) in [6.45, 7) is 3.02. The minimum atomic E-state index is -4.24. The van der Waals surface area contributed by atoms with Gasteiger partial charge in [0.2, 0.25) is 5.95 Å². The number of benzene rings is 1. The fourth-order valence-electron chi connectivity index (χ4n) is 4.98. The van der Waals surface area contributed by atoms with Crippen LogP contribution < -0.4 is 15.5 Å². The Balaban J connectivity index is 1.27. The lowest BCUT2D eigenvalue weighted by molar-refractivity contribution is -0.146. The van der Waals surface area contributed by atoms with Crippen LogP contribution in [-0.2, 0) is 0 Å². The maximum absolute atomic E-state index is 14.4. The van der Waals surface area contributed by atoms with Crippen LogP contribution in [0.5, 0.6) is 0 Å². The maximum atomic E-state index is 14.4. The smallest absolute Gasteiger partial charge is 0.354 e. The van der Waals surface area contributed by atoms with Gasteiger partial charge in [-0.1, -0.05) is 17.7 Å². The zero-order valence-corrected chi connectivity index (χ0v) is 23.1. The van der Waals surface area contributed by atoms with E-state index in [4.69, 9.17) is 11.6 Å². The van der Waals surface area contributed by atoms with E-state index in [1.807, 2.05) is 17.9 Å². The van der Waals surface area contributed by atoms with Gasteiger partial charge in [-0.25, -0.2) is 4.39 Å². The molecule has 220 valence electrons. The van der Waals surface area contributed by atoms with E-state index in [0.29, 0.717) is 62.4 Å². The third kappa shape index (κ3) is 7.36. The molecule has 1 amide bonds. The largest absolute Gasteiger partial charge is 0.401 e. The molecule has 2 saturated heterocycles. The molecule has 0 atom stereocenters. The molecule has 0 bridgehead atoms. The molecule has 2 aliphatic heterocycles. The van der Waals surface area contributed by atoms with Gasteiger partial charge in [0.25, 0.3) is 5.91 Å². The molecule has 10 nitrogen and oxygen atoms in total. The van der Waals surface area contributed by atoms with Crippen LogP contribution in [0.3, 0.4) is 0 Å². The minimum absolute atomic E-state index is 0.0531. The quantitative estimate of drug-likeness (QED) is 0.344. The van der Waals surface area contributed by atoms with E-state index >= 15 is 0 Å². The third-order valence-corrected chi connectivity index (χ3v) is 7.36. The van der Waals surface area contributed by atoms with Crippen molar-refractivity contribution in [2.75, 3.05) is 61.3 Å². The first kappa shape index (κ1) is 28.9. The number of nitrogens with one attached hydrogen (secondary N) is 3. The van der Waals surface area contributed by atoms with Crippen LogP contribution in [0, 0.1) is 12.7 Å². The Morgan fingerprint density at radius 2 is 1.80 bits per heavy atom. The average Bonchev–Trinajstić information content (AvgIpc) is 3.34. The van der Waals surface area contributed by atoms with Gasteiger partial charge in [-0.05, 0) is 31.9 Å². The standard InChI is InChI=1S/C26H30ClF4N9O/c1-16-13-21(37-36-16)33-20-14-22(39-11-9-38(10-12-39)15-26(29,30)31)35-25(34-20)32-17-5-7-40(8-6-17)24(41)18-3-2-4-19(27)23(18)28/h2-4,13-14,17H,5-12,15H2,1H3,(H3,32,33,34,35,36,37). The van der Waals surface area contributed by atoms with Gasteiger partial charge in [0.05, 0.1) is 17.1 Å². The molecule has 0 unspecified atom stereocenters. The normalized spacial score (nSPS) is 17.1. The number of halogens is 5. The highest BCUT2D eigenvalue weighted by Crippen LogP contribution is 2.26. The second-order valence-electron chi connectivity index (χ2n) is 10.2. The minimum Gasteiger partial charge on any atom is -0.354 e. The van der Waals surface area contributed by atoms with Crippen LogP contribution in [0.1, 0.15) is 28.9 Å². The predicted molar refractivity (Wildman–Crippen MR) is 147 cm³/mol. The van der Waals surface area contributed by atoms with Crippen molar-refractivity contribution in [1.29, 1.82) is 0 Å². The monoisotopic (exact) mass is 595 g/mol. The van der Waals surface area contributed by atoms with Crippen molar-refractivity contribution in [2.45, 2.75) is 32.0 Å². The van der Waals surface area contributed by atoms with Crippen LogP contribution >= 0.6 is 11.6 Å². The summed E-state index contributed by atoms with van der Waals surface area (Å²) in [6.07, 6.45) is -3.08. The second-order valence-corrected chi connectivity index (χ2v) is 10.6. The molecule has 0 aliphatic carbocycles. The topological polar surface area (TPSA) is 105 Å². The summed E-state index contributed by atoms with van der Waals surface area (Å²) < 4.78 is 52.9. The van der Waals surface area contributed by atoms with E-state index in [9.17, 15) is 22.4 Å². The molecule has 1 aromatic carbocycles. The van der Waals surface area contributed by atoms with Crippen molar-refractivity contribution < 1.29 is 22.4 Å². The first-order valence-electron chi connectivity index (χ1n) is 13.3. The van der Waals surface area contributed by atoms with Crippen LogP contribution in [0.25, 0.3) is 0 Å². The molecule has 3 N–H and O–H groups in total. The number of piperazine rings is 1. The Kier molecular flexibility index (Phi) is 8.50. The first-order valence-corrected chi connectivity index (χ1v) is 13.6. The van der Waals surface area contributed by atoms with E-state index in [0.717, 1.165) is 5.69 Å². The fourth-order valence-corrected chi connectivity index (χ4v) is 5.15. The summed E-state index contributed by atoms with van der Waals surface area (Å²) in [5, 5.41) is 13.4. The molecule has 5 rings (SSSR count). The van der Waals surface area contributed by atoms with Crippen LogP contribution in [0.2, 0.25) is 5.02 Å². The maximum Gasteiger partial charge on any atom is 0.401 e. The number of hydrogen-bond donors (Lipinski definition) is 3. The highest BCUT2D eigenvalue weighted by atomic mass is 35.5. The Morgan fingerprint density at radius 1 is 1.07 bits per heavy atom. The zero-order chi connectivity index (χ0) is 29.1. The van der Waals surface area contributed by atoms with Crippen molar-refractivity contribution in [3.8, 4) is 0 Å². The van der Waals surface area contributed by atoms with Gasteiger partial charge in [0.15, 0.2) is 11.6 Å². The zero-order valence-electron chi connectivity index (χ0n) is 22.3. The van der Waals surface area contributed by atoms with Crippen LogP contribution in [-0.4, -0.2) is 93.9 Å². The van der Waals surface area contributed by atoms with E-state index in [-0.39, 0.29) is 29.7 Å². The van der Waals surface area contributed by atoms with Crippen molar-refractivity contribution in [3.05, 3.63) is 52.4 Å². The van der Waals surface area contributed by atoms with Gasteiger partial charge >= 0.3 is 6.18 Å². The lowest BCUT2D eigenvalue weighted by Crippen LogP contribution is -2.49. The van der Waals surface area contributed by atoms with Gasteiger partial charge < -0.3 is 20.4 Å². The molecule has 41 heavy (non-hydrogen) atoms. The number of rotatable bonds is 7. The number of anilines is 4. The Morgan fingerprint density at radius 3 is 2.46 bits per heavy atom. The van der Waals surface area contributed by atoms with E-state index < -0.39 is 24.4 Å². The molecule has 0 saturated carbocycles. The summed E-state index contributed by atoms with van der Waals surface area (Å²) in [5.41, 5.74) is 0.805. The number of aryl methyl sites for hydroxylation is 1. The number of hydrogen-bond acceptors (Lipinski definition) is 8. The highest BCUT2D eigenvalue weighted by molar-refractivity contribution is 6.31. The van der Waals surface area contributed by atoms with Crippen molar-refractivity contribution in [1.82, 2.24) is 30.0 Å². The second kappa shape index (κ2) is 12.1. The lowest BCUT2D eigenvalue weighted by atomic mass is 10.0. The number of carbonyl (C=O) groups is 1. The highest BCUT2D eigenvalue weighted by Gasteiger charge is 2.32. The lowest BCUT2D eigenvalue weighted by Gasteiger charge is -2.36. The molecule has 4 heterocycles. The number of amides is 1. The fraction of sp³-hybridized carbons (Fsp3) is 0.462. The Labute approximate surface area is 239 Å². The number of nitrogens with zero attached hydrogens (tertiary/aromatic N) is 6. The van der Waals surface area contributed by atoms with Gasteiger partial charge in [0.1, 0.15) is 11.6 Å². The Hall–Kier alpha value is -3.65. The van der Waals surface area contributed by atoms with Crippen molar-refractivity contribution in [3.63, 3.8) is 0 Å². The molecule has 2 aromatic heterocycles. The number of H-pyrrole nitrogens is 1. The number of carbonyl (C=O) groups excluding carboxylic acids is 1. The molecule has 15 heteroatoms. The summed E-state index contributed by atoms with van der Waals surface area (Å²) in [6, 6.07) is 7.88. The van der Waals surface area contributed by atoms with Crippen LogP contribution in [0.4, 0.5) is 41.0 Å². The Bertz CT molecular complexity index is 1370. The van der Waals surface area contributed by atoms with Crippen LogP contribution in [0.15, 0.2) is 30.3 Å². The molecule has 0 spiro atoms. The molecule has 2 aliphatic rings. The average molecular weight is 596 g/mol. The predicted octanol–water partition coefficient (Wildman–Crippen LogP) is 4.45. The van der Waals surface area contributed by atoms with E-state index in [1.165, 1.54) is 17.0 Å². The van der Waals surface area contributed by atoms with Gasteiger partial charge in [0, 0.05) is 63.1 Å². The summed E-state index contributed by atoms with van der Waals surface area (Å²) in [5.74, 6) is 0.829. The summed E-state index contributed by atoms with van der Waals surface area (Å²) in [7, 11) is 0.